The highest BCUT2D eigenvalue weighted by molar-refractivity contribution is 6.34. The standard InChI is InChI=1S/C25H23ClN2O5/c1-15-7-5-11-19-22(15)25(32)28(24(19)31)27(23(30)18-10-3-4-12-20(18)26)14-21(29)16-8-6-9-17(13-16)33-2/h3-10,12-13,15,19,22H,11,14H2,1-2H3/t15-,19-,22-/m1/s1. The molecule has 4 rings (SSSR count). The van der Waals surface area contributed by atoms with E-state index in [9.17, 15) is 19.2 Å². The molecule has 0 saturated carbocycles. The van der Waals surface area contributed by atoms with E-state index in [2.05, 4.69) is 0 Å². The third-order valence-corrected chi connectivity index (χ3v) is 6.44. The van der Waals surface area contributed by atoms with Crippen molar-refractivity contribution in [1.29, 1.82) is 0 Å². The molecule has 0 aromatic heterocycles. The summed E-state index contributed by atoms with van der Waals surface area (Å²) in [5, 5.41) is 1.94. The third kappa shape index (κ3) is 4.16. The molecule has 2 aliphatic rings. The maximum absolute atomic E-state index is 13.5. The number of ether oxygens (including phenoxy) is 1. The Balaban J connectivity index is 1.72. The van der Waals surface area contributed by atoms with Gasteiger partial charge in [-0.3, -0.25) is 19.2 Å². The van der Waals surface area contributed by atoms with Crippen molar-refractivity contribution in [1.82, 2.24) is 10.0 Å². The average molecular weight is 467 g/mol. The number of fused-ring (bicyclic) bond motifs is 1. The average Bonchev–Trinajstić information content (AvgIpc) is 3.08. The Morgan fingerprint density at radius 3 is 2.58 bits per heavy atom. The molecule has 2 aromatic rings. The Bertz CT molecular complexity index is 1160. The van der Waals surface area contributed by atoms with Gasteiger partial charge in [-0.05, 0) is 36.6 Å². The number of rotatable bonds is 6. The van der Waals surface area contributed by atoms with Gasteiger partial charge in [0.25, 0.3) is 17.7 Å². The van der Waals surface area contributed by atoms with E-state index in [1.165, 1.54) is 19.2 Å². The van der Waals surface area contributed by atoms with Crippen LogP contribution in [0.2, 0.25) is 5.02 Å². The predicted molar refractivity (Wildman–Crippen MR) is 122 cm³/mol. The minimum absolute atomic E-state index is 0.0965. The minimum atomic E-state index is -0.696. The normalized spacial score (nSPS) is 21.7. The van der Waals surface area contributed by atoms with Crippen molar-refractivity contribution in [3.8, 4) is 5.75 Å². The summed E-state index contributed by atoms with van der Waals surface area (Å²) < 4.78 is 5.18. The van der Waals surface area contributed by atoms with Gasteiger partial charge in [-0.15, -0.1) is 0 Å². The molecule has 3 amide bonds. The van der Waals surface area contributed by atoms with E-state index in [4.69, 9.17) is 16.3 Å². The number of allylic oxidation sites excluding steroid dienone is 2. The SMILES string of the molecule is COc1cccc(C(=O)CN(C(=O)c2ccccc2Cl)N2C(=O)[C@@H]3[C@H](C)C=CC[C@H]3C2=O)c1. The number of ketones is 1. The van der Waals surface area contributed by atoms with Gasteiger partial charge in [0.15, 0.2) is 5.78 Å². The molecule has 0 bridgehead atoms. The summed E-state index contributed by atoms with van der Waals surface area (Å²) in [4.78, 5) is 53.3. The summed E-state index contributed by atoms with van der Waals surface area (Å²) >= 11 is 6.23. The molecule has 0 unspecified atom stereocenters. The summed E-state index contributed by atoms with van der Waals surface area (Å²) in [6.45, 7) is 1.36. The summed E-state index contributed by atoms with van der Waals surface area (Å²) in [6.07, 6.45) is 4.19. The smallest absolute Gasteiger partial charge is 0.274 e. The number of benzene rings is 2. The number of imide groups is 1. The molecular weight excluding hydrogens is 444 g/mol. The van der Waals surface area contributed by atoms with Crippen molar-refractivity contribution in [2.75, 3.05) is 13.7 Å². The molecule has 3 atom stereocenters. The highest BCUT2D eigenvalue weighted by Gasteiger charge is 2.53. The van der Waals surface area contributed by atoms with E-state index < -0.39 is 41.9 Å². The highest BCUT2D eigenvalue weighted by atomic mass is 35.5. The summed E-state index contributed by atoms with van der Waals surface area (Å²) in [7, 11) is 1.48. The maximum atomic E-state index is 13.5. The van der Waals surface area contributed by atoms with Crippen molar-refractivity contribution in [3.63, 3.8) is 0 Å². The number of nitrogens with zero attached hydrogens (tertiary/aromatic N) is 2. The van der Waals surface area contributed by atoms with Crippen LogP contribution in [0.1, 0.15) is 34.1 Å². The molecule has 7 nitrogen and oxygen atoms in total. The quantitative estimate of drug-likeness (QED) is 0.367. The van der Waals surface area contributed by atoms with Crippen LogP contribution in [-0.2, 0) is 9.59 Å². The Morgan fingerprint density at radius 2 is 1.88 bits per heavy atom. The summed E-state index contributed by atoms with van der Waals surface area (Å²) in [6, 6.07) is 12.8. The number of amides is 3. The Kier molecular flexibility index (Phi) is 6.33. The van der Waals surface area contributed by atoms with E-state index in [-0.39, 0.29) is 22.1 Å². The Hall–Kier alpha value is -3.45. The lowest BCUT2D eigenvalue weighted by Crippen LogP contribution is -2.52. The second-order valence-electron chi connectivity index (χ2n) is 8.14. The Morgan fingerprint density at radius 1 is 1.12 bits per heavy atom. The lowest BCUT2D eigenvalue weighted by molar-refractivity contribution is -0.154. The van der Waals surface area contributed by atoms with E-state index in [1.54, 1.807) is 36.4 Å². The van der Waals surface area contributed by atoms with Gasteiger partial charge in [0, 0.05) is 5.56 Å². The zero-order valence-electron chi connectivity index (χ0n) is 18.2. The van der Waals surface area contributed by atoms with Crippen LogP contribution >= 0.6 is 11.6 Å². The number of carbonyl (C=O) groups excluding carboxylic acids is 4. The van der Waals surface area contributed by atoms with Gasteiger partial charge in [0.2, 0.25) is 0 Å². The van der Waals surface area contributed by atoms with E-state index in [0.717, 1.165) is 10.0 Å². The highest BCUT2D eigenvalue weighted by Crippen LogP contribution is 2.39. The zero-order chi connectivity index (χ0) is 23.7. The third-order valence-electron chi connectivity index (χ3n) is 6.11. The molecule has 1 aliphatic carbocycles. The van der Waals surface area contributed by atoms with Gasteiger partial charge < -0.3 is 4.74 Å². The molecule has 1 fully saturated rings. The molecule has 1 heterocycles. The Labute approximate surface area is 196 Å². The van der Waals surface area contributed by atoms with Crippen LogP contribution in [0.4, 0.5) is 0 Å². The van der Waals surface area contributed by atoms with Crippen molar-refractivity contribution in [2.45, 2.75) is 13.3 Å². The largest absolute Gasteiger partial charge is 0.497 e. The van der Waals surface area contributed by atoms with Crippen molar-refractivity contribution in [2.24, 2.45) is 17.8 Å². The number of hydrazine groups is 1. The number of halogens is 1. The van der Waals surface area contributed by atoms with Crippen LogP contribution in [0.3, 0.4) is 0 Å². The number of carbonyl (C=O) groups is 4. The maximum Gasteiger partial charge on any atom is 0.274 e. The molecule has 8 heteroatoms. The molecule has 0 spiro atoms. The predicted octanol–water partition coefficient (Wildman–Crippen LogP) is 3.79. The van der Waals surface area contributed by atoms with Crippen molar-refractivity contribution in [3.05, 3.63) is 76.8 Å². The van der Waals surface area contributed by atoms with Gasteiger partial charge in [0.05, 0.1) is 29.5 Å². The second-order valence-corrected chi connectivity index (χ2v) is 8.55. The second kappa shape index (κ2) is 9.19. The summed E-state index contributed by atoms with van der Waals surface area (Å²) in [5.41, 5.74) is 0.386. The van der Waals surface area contributed by atoms with Crippen LogP contribution in [0.15, 0.2) is 60.7 Å². The van der Waals surface area contributed by atoms with Gasteiger partial charge in [0.1, 0.15) is 12.3 Å². The van der Waals surface area contributed by atoms with Gasteiger partial charge in [-0.25, -0.2) is 5.01 Å². The molecule has 0 radical (unpaired) electrons. The number of hydrogen-bond donors (Lipinski definition) is 0. The fourth-order valence-electron chi connectivity index (χ4n) is 4.40. The van der Waals surface area contributed by atoms with Crippen LogP contribution in [0.25, 0.3) is 0 Å². The molecule has 33 heavy (non-hydrogen) atoms. The van der Waals surface area contributed by atoms with Crippen LogP contribution in [-0.4, -0.2) is 47.2 Å². The molecule has 170 valence electrons. The number of methoxy groups -OCH3 is 1. The van der Waals surface area contributed by atoms with Gasteiger partial charge >= 0.3 is 0 Å². The fraction of sp³-hybridized carbons (Fsp3) is 0.280. The van der Waals surface area contributed by atoms with E-state index >= 15 is 0 Å². The van der Waals surface area contributed by atoms with E-state index in [1.807, 2.05) is 19.1 Å². The number of Topliss-reactive ketones (excluding diaryl/α,β-unsaturated/α-hetero) is 1. The fourth-order valence-corrected chi connectivity index (χ4v) is 4.62. The lowest BCUT2D eigenvalue weighted by Gasteiger charge is -2.30. The number of hydrogen-bond acceptors (Lipinski definition) is 5. The minimum Gasteiger partial charge on any atom is -0.497 e. The topological polar surface area (TPSA) is 84.0 Å². The van der Waals surface area contributed by atoms with Crippen molar-refractivity contribution >= 4 is 35.1 Å². The van der Waals surface area contributed by atoms with Crippen LogP contribution < -0.4 is 4.74 Å². The van der Waals surface area contributed by atoms with Gasteiger partial charge in [-0.1, -0.05) is 54.9 Å². The van der Waals surface area contributed by atoms with Gasteiger partial charge in [-0.2, -0.15) is 5.01 Å². The van der Waals surface area contributed by atoms with Crippen molar-refractivity contribution < 1.29 is 23.9 Å². The molecular formula is C25H23ClN2O5. The molecule has 1 saturated heterocycles. The molecule has 1 aliphatic heterocycles. The first-order valence-electron chi connectivity index (χ1n) is 10.6. The first kappa shape index (κ1) is 22.7. The summed E-state index contributed by atoms with van der Waals surface area (Å²) in [5.74, 6) is -2.93. The van der Waals surface area contributed by atoms with Crippen LogP contribution in [0.5, 0.6) is 5.75 Å². The zero-order valence-corrected chi connectivity index (χ0v) is 19.0. The first-order valence-corrected chi connectivity index (χ1v) is 11.0. The molecule has 0 N–H and O–H groups in total. The first-order chi connectivity index (χ1) is 15.8. The monoisotopic (exact) mass is 466 g/mol. The lowest BCUT2D eigenvalue weighted by atomic mass is 9.78. The van der Waals surface area contributed by atoms with E-state index in [0.29, 0.717) is 12.2 Å². The molecule has 2 aromatic carbocycles. The van der Waals surface area contributed by atoms with Crippen LogP contribution in [0, 0.1) is 17.8 Å².